The topological polar surface area (TPSA) is 95.9 Å². The second-order valence-corrected chi connectivity index (χ2v) is 20.4. The number of ether oxygens (including phenoxy) is 1. The highest BCUT2D eigenvalue weighted by molar-refractivity contribution is 5.77. The third kappa shape index (κ3) is 53.2. The van der Waals surface area contributed by atoms with Crippen molar-refractivity contribution in [2.45, 2.75) is 309 Å². The van der Waals surface area contributed by atoms with E-state index in [1.54, 1.807) is 0 Å². The molecule has 0 saturated heterocycles. The fourth-order valence-corrected chi connectivity index (χ4v) is 8.92. The first-order chi connectivity index (χ1) is 35.0. The summed E-state index contributed by atoms with van der Waals surface area (Å²) in [7, 11) is 0. The molecule has 3 N–H and O–H groups in total. The predicted molar refractivity (Wildman–Crippen MR) is 310 cm³/mol. The number of amides is 1. The number of aliphatic hydroxyl groups is 2. The lowest BCUT2D eigenvalue weighted by Crippen LogP contribution is -2.46. The van der Waals surface area contributed by atoms with E-state index in [-0.39, 0.29) is 31.3 Å². The molecule has 0 spiro atoms. The van der Waals surface area contributed by atoms with Crippen LogP contribution in [0.2, 0.25) is 0 Å². The lowest BCUT2D eigenvalue weighted by Gasteiger charge is -2.24. The van der Waals surface area contributed by atoms with Crippen molar-refractivity contribution in [3.8, 4) is 0 Å². The molecule has 6 nitrogen and oxygen atoms in total. The summed E-state index contributed by atoms with van der Waals surface area (Å²) in [6, 6.07) is -0.727. The van der Waals surface area contributed by atoms with Crippen molar-refractivity contribution in [3.63, 3.8) is 0 Å². The van der Waals surface area contributed by atoms with Gasteiger partial charge in [-0.3, -0.25) is 9.59 Å². The zero-order valence-electron chi connectivity index (χ0n) is 46.8. The highest BCUT2D eigenvalue weighted by Crippen LogP contribution is 2.18. The van der Waals surface area contributed by atoms with Crippen LogP contribution in [0.15, 0.2) is 85.1 Å². The summed E-state index contributed by atoms with van der Waals surface area (Å²) in [6.45, 7) is 6.38. The Labute approximate surface area is 440 Å². The molecule has 71 heavy (non-hydrogen) atoms. The van der Waals surface area contributed by atoms with E-state index in [4.69, 9.17) is 4.74 Å². The molecule has 3 atom stereocenters. The largest absolute Gasteiger partial charge is 0.462 e. The molecule has 0 radical (unpaired) electrons. The number of carbonyl (C=O) groups excluding carboxylic acids is 2. The highest BCUT2D eigenvalue weighted by Gasteiger charge is 2.24. The molecular weight excluding hydrogens is 875 g/mol. The standard InChI is InChI=1S/C65H115NO5/c1-4-7-10-13-16-19-22-25-28-31-32-34-37-40-43-46-49-52-55-58-65(70)71-61(56-53-50-47-44-41-38-35-30-27-24-21-18-15-12-9-6-3)59-64(69)66-62(60-67)63(68)57-54-51-48-45-42-39-36-33-29-26-23-20-17-14-11-8-5-2/h7,10,16,19,25,28,32,34,38,40-41,43,49,52,61-63,67-68H,4-6,8-9,11-15,17-18,20-24,26-27,29-31,33,35-37,39,42,44-48,50-51,53-60H2,1-3H3,(H,66,69)/b10-7-,19-16-,28-25-,34-32-,41-38+,43-40-,52-49-. The number of allylic oxidation sites excluding steroid dienone is 14. The van der Waals surface area contributed by atoms with Crippen LogP contribution in [-0.2, 0) is 14.3 Å². The van der Waals surface area contributed by atoms with E-state index in [1.807, 2.05) is 6.08 Å². The molecule has 0 heterocycles. The number of nitrogens with one attached hydrogen (secondary N) is 1. The van der Waals surface area contributed by atoms with Gasteiger partial charge in [-0.15, -0.1) is 0 Å². The number of unbranched alkanes of at least 4 members (excludes halogenated alkanes) is 28. The lowest BCUT2D eigenvalue weighted by atomic mass is 10.0. The van der Waals surface area contributed by atoms with Gasteiger partial charge in [0.25, 0.3) is 0 Å². The van der Waals surface area contributed by atoms with Crippen LogP contribution in [0.1, 0.15) is 290 Å². The predicted octanol–water partition coefficient (Wildman–Crippen LogP) is 19.1. The fraction of sp³-hybridized carbons (Fsp3) is 0.754. The summed E-state index contributed by atoms with van der Waals surface area (Å²) in [4.78, 5) is 26.3. The molecule has 6 heteroatoms. The zero-order valence-corrected chi connectivity index (χ0v) is 46.8. The van der Waals surface area contributed by atoms with Crippen LogP contribution in [0.25, 0.3) is 0 Å². The second kappa shape index (κ2) is 57.9. The molecular formula is C65H115NO5. The third-order valence-corrected chi connectivity index (χ3v) is 13.5. The highest BCUT2D eigenvalue weighted by atomic mass is 16.5. The number of aliphatic hydroxyl groups excluding tert-OH is 2. The number of hydrogen-bond donors (Lipinski definition) is 3. The average molecular weight is 991 g/mol. The average Bonchev–Trinajstić information content (AvgIpc) is 3.36. The van der Waals surface area contributed by atoms with Gasteiger partial charge in [0.05, 0.1) is 25.2 Å². The summed E-state index contributed by atoms with van der Waals surface area (Å²) in [5, 5.41) is 23.9. The first kappa shape index (κ1) is 68.0. The first-order valence-electron chi connectivity index (χ1n) is 30.3. The van der Waals surface area contributed by atoms with Gasteiger partial charge in [0, 0.05) is 6.42 Å². The Bertz CT molecular complexity index is 1340. The van der Waals surface area contributed by atoms with Gasteiger partial charge in [-0.05, 0) is 89.9 Å². The van der Waals surface area contributed by atoms with Crippen molar-refractivity contribution in [2.24, 2.45) is 0 Å². The normalized spacial score (nSPS) is 13.7. The van der Waals surface area contributed by atoms with E-state index < -0.39 is 18.2 Å². The Balaban J connectivity index is 4.67. The molecule has 0 bridgehead atoms. The molecule has 0 rings (SSSR count). The third-order valence-electron chi connectivity index (χ3n) is 13.5. The minimum absolute atomic E-state index is 0.0344. The lowest BCUT2D eigenvalue weighted by molar-refractivity contribution is -0.150. The van der Waals surface area contributed by atoms with Crippen molar-refractivity contribution in [3.05, 3.63) is 85.1 Å². The number of hydrogen-bond acceptors (Lipinski definition) is 5. The zero-order chi connectivity index (χ0) is 51.6. The Kier molecular flexibility index (Phi) is 55.5. The van der Waals surface area contributed by atoms with Crippen molar-refractivity contribution >= 4 is 11.9 Å². The first-order valence-corrected chi connectivity index (χ1v) is 30.3. The summed E-state index contributed by atoms with van der Waals surface area (Å²) in [5.41, 5.74) is 0. The SMILES string of the molecule is CC/C=C\C/C=C\C/C=C\C/C=C\C/C=C\C/C=C\CCC(=O)OC(CCCCC/C=C/CCCCCCCCCCC)CC(=O)NC(CO)C(O)CCCCCCCCCCCCCCCCCCC. The second-order valence-electron chi connectivity index (χ2n) is 20.4. The molecule has 0 aromatic rings. The monoisotopic (exact) mass is 990 g/mol. The van der Waals surface area contributed by atoms with Crippen LogP contribution in [-0.4, -0.2) is 46.9 Å². The maximum Gasteiger partial charge on any atom is 0.306 e. The molecule has 0 saturated carbocycles. The summed E-state index contributed by atoms with van der Waals surface area (Å²) in [5.74, 6) is -0.584. The Morgan fingerprint density at radius 1 is 0.423 bits per heavy atom. The molecule has 0 aromatic heterocycles. The molecule has 1 amide bonds. The smallest absolute Gasteiger partial charge is 0.306 e. The van der Waals surface area contributed by atoms with Gasteiger partial charge in [-0.25, -0.2) is 0 Å². The molecule has 0 aliphatic heterocycles. The van der Waals surface area contributed by atoms with E-state index in [1.165, 1.54) is 148 Å². The van der Waals surface area contributed by atoms with Gasteiger partial charge in [-0.2, -0.15) is 0 Å². The maximum atomic E-state index is 13.3. The molecule has 0 aliphatic carbocycles. The van der Waals surface area contributed by atoms with Crippen LogP contribution >= 0.6 is 0 Å². The number of rotatable bonds is 54. The van der Waals surface area contributed by atoms with Gasteiger partial charge in [0.1, 0.15) is 6.10 Å². The molecule has 0 fully saturated rings. The van der Waals surface area contributed by atoms with Crippen LogP contribution < -0.4 is 5.32 Å². The van der Waals surface area contributed by atoms with Crippen LogP contribution in [0.3, 0.4) is 0 Å². The summed E-state index contributed by atoms with van der Waals surface area (Å²) >= 11 is 0. The Morgan fingerprint density at radius 3 is 1.17 bits per heavy atom. The fourth-order valence-electron chi connectivity index (χ4n) is 8.92. The minimum atomic E-state index is -0.809. The Hall–Kier alpha value is -2.96. The van der Waals surface area contributed by atoms with Crippen molar-refractivity contribution in [1.29, 1.82) is 0 Å². The van der Waals surface area contributed by atoms with Gasteiger partial charge in [0.2, 0.25) is 5.91 Å². The van der Waals surface area contributed by atoms with E-state index >= 15 is 0 Å². The van der Waals surface area contributed by atoms with Gasteiger partial charge in [-0.1, -0.05) is 273 Å². The number of esters is 1. The maximum absolute atomic E-state index is 13.3. The molecule has 0 aliphatic rings. The van der Waals surface area contributed by atoms with Gasteiger partial charge in [0.15, 0.2) is 0 Å². The van der Waals surface area contributed by atoms with Crippen molar-refractivity contribution in [2.75, 3.05) is 6.61 Å². The molecule has 410 valence electrons. The summed E-state index contributed by atoms with van der Waals surface area (Å²) < 4.78 is 5.92. The van der Waals surface area contributed by atoms with Crippen LogP contribution in [0.5, 0.6) is 0 Å². The molecule has 0 aromatic carbocycles. The van der Waals surface area contributed by atoms with Crippen LogP contribution in [0.4, 0.5) is 0 Å². The van der Waals surface area contributed by atoms with E-state index in [0.717, 1.165) is 89.9 Å². The molecule has 3 unspecified atom stereocenters. The minimum Gasteiger partial charge on any atom is -0.462 e. The van der Waals surface area contributed by atoms with Crippen molar-refractivity contribution in [1.82, 2.24) is 5.32 Å². The van der Waals surface area contributed by atoms with E-state index in [2.05, 4.69) is 105 Å². The number of carbonyl (C=O) groups is 2. The van der Waals surface area contributed by atoms with E-state index in [0.29, 0.717) is 19.3 Å². The van der Waals surface area contributed by atoms with Crippen molar-refractivity contribution < 1.29 is 24.5 Å². The van der Waals surface area contributed by atoms with E-state index in [9.17, 15) is 19.8 Å². The van der Waals surface area contributed by atoms with Gasteiger partial charge >= 0.3 is 5.97 Å². The van der Waals surface area contributed by atoms with Crippen LogP contribution in [0, 0.1) is 0 Å². The Morgan fingerprint density at radius 2 is 0.761 bits per heavy atom. The summed E-state index contributed by atoms with van der Waals surface area (Å²) in [6.07, 6.45) is 76.6. The van der Waals surface area contributed by atoms with Gasteiger partial charge < -0.3 is 20.3 Å². The quantitative estimate of drug-likeness (QED) is 0.0321.